The summed E-state index contributed by atoms with van der Waals surface area (Å²) in [7, 11) is 0.0350. The second kappa shape index (κ2) is 6.65. The summed E-state index contributed by atoms with van der Waals surface area (Å²) in [5.41, 5.74) is 3.25. The first kappa shape index (κ1) is 15.4. The molecule has 0 fully saturated rings. The van der Waals surface area contributed by atoms with Crippen molar-refractivity contribution >= 4 is 12.6 Å². The van der Waals surface area contributed by atoms with E-state index in [2.05, 4.69) is 0 Å². The van der Waals surface area contributed by atoms with Crippen LogP contribution in [0.5, 0.6) is 11.5 Å². The van der Waals surface area contributed by atoms with Crippen molar-refractivity contribution in [3.8, 4) is 11.5 Å². The molecule has 0 aliphatic heterocycles. The average Bonchev–Trinajstić information content (AvgIpc) is 2.47. The molecule has 0 heterocycles. The Bertz CT molecular complexity index is 626. The van der Waals surface area contributed by atoms with E-state index in [1.165, 1.54) is 0 Å². The molecule has 2 aromatic carbocycles. The fourth-order valence-electron chi connectivity index (χ4n) is 2.10. The predicted octanol–water partition coefficient (Wildman–Crippen LogP) is 1.57. The minimum absolute atomic E-state index is 0.244. The fourth-order valence-corrected chi connectivity index (χ4v) is 2.10. The Kier molecular flexibility index (Phi) is 4.88. The average molecular weight is 286 g/mol. The maximum atomic E-state index is 9.42. The molecular weight excluding hydrogens is 267 g/mol. The third-order valence-corrected chi connectivity index (χ3v) is 3.36. The van der Waals surface area contributed by atoms with Gasteiger partial charge in [0.2, 0.25) is 0 Å². The summed E-state index contributed by atoms with van der Waals surface area (Å²) in [5.74, 6) is 1.44. The van der Waals surface area contributed by atoms with Crippen LogP contribution in [0.4, 0.5) is 0 Å². The van der Waals surface area contributed by atoms with Gasteiger partial charge in [-0.3, -0.25) is 0 Å². The zero-order valence-electron chi connectivity index (χ0n) is 12.5. The standard InChI is InChI=1S/C16H19BO4/c1-11-4-5-12(2)16(8-11)21-10-13-9-14(20-3)6-7-15(13)17(18)19/h4-9,18-19H,10H2,1-3H3. The smallest absolute Gasteiger partial charge is 0.488 e. The lowest BCUT2D eigenvalue weighted by molar-refractivity contribution is 0.303. The van der Waals surface area contributed by atoms with Crippen LogP contribution < -0.4 is 14.9 Å². The molecule has 2 N–H and O–H groups in total. The minimum atomic E-state index is -1.53. The normalized spacial score (nSPS) is 10.3. The van der Waals surface area contributed by atoms with E-state index in [4.69, 9.17) is 9.47 Å². The number of methoxy groups -OCH3 is 1. The molecule has 0 bridgehead atoms. The van der Waals surface area contributed by atoms with Crippen LogP contribution in [-0.4, -0.2) is 24.3 Å². The lowest BCUT2D eigenvalue weighted by atomic mass is 9.77. The molecule has 0 spiro atoms. The number of rotatable bonds is 5. The van der Waals surface area contributed by atoms with Gasteiger partial charge in [0.25, 0.3) is 0 Å². The zero-order chi connectivity index (χ0) is 15.4. The summed E-state index contributed by atoms with van der Waals surface area (Å²) < 4.78 is 11.0. The van der Waals surface area contributed by atoms with Crippen LogP contribution in [-0.2, 0) is 6.61 Å². The zero-order valence-corrected chi connectivity index (χ0v) is 12.5. The van der Waals surface area contributed by atoms with Crippen molar-refractivity contribution in [2.24, 2.45) is 0 Å². The maximum absolute atomic E-state index is 9.42. The first-order chi connectivity index (χ1) is 10.0. The number of hydrogen-bond donors (Lipinski definition) is 2. The first-order valence-electron chi connectivity index (χ1n) is 6.74. The van der Waals surface area contributed by atoms with E-state index in [-0.39, 0.29) is 6.61 Å². The Hall–Kier alpha value is -1.98. The quantitative estimate of drug-likeness (QED) is 0.819. The van der Waals surface area contributed by atoms with Crippen molar-refractivity contribution in [1.82, 2.24) is 0 Å². The van der Waals surface area contributed by atoms with Gasteiger partial charge < -0.3 is 19.5 Å². The first-order valence-corrected chi connectivity index (χ1v) is 6.74. The fraction of sp³-hybridized carbons (Fsp3) is 0.250. The Morgan fingerprint density at radius 2 is 1.81 bits per heavy atom. The van der Waals surface area contributed by atoms with E-state index in [1.807, 2.05) is 32.0 Å². The largest absolute Gasteiger partial charge is 0.497 e. The van der Waals surface area contributed by atoms with E-state index in [0.717, 1.165) is 16.9 Å². The number of benzene rings is 2. The van der Waals surface area contributed by atoms with Crippen molar-refractivity contribution in [2.75, 3.05) is 7.11 Å². The molecule has 0 aromatic heterocycles. The molecule has 2 aromatic rings. The predicted molar refractivity (Wildman–Crippen MR) is 83.1 cm³/mol. The van der Waals surface area contributed by atoms with E-state index < -0.39 is 7.12 Å². The molecule has 0 radical (unpaired) electrons. The van der Waals surface area contributed by atoms with E-state index in [0.29, 0.717) is 16.8 Å². The Morgan fingerprint density at radius 1 is 1.05 bits per heavy atom. The molecule has 0 unspecified atom stereocenters. The summed E-state index contributed by atoms with van der Waals surface area (Å²) >= 11 is 0. The monoisotopic (exact) mass is 286 g/mol. The second-order valence-electron chi connectivity index (χ2n) is 5.00. The molecular formula is C16H19BO4. The van der Waals surface area contributed by atoms with Crippen LogP contribution >= 0.6 is 0 Å². The highest BCUT2D eigenvalue weighted by Crippen LogP contribution is 2.21. The van der Waals surface area contributed by atoms with Crippen LogP contribution in [0.3, 0.4) is 0 Å². The Morgan fingerprint density at radius 3 is 2.48 bits per heavy atom. The third-order valence-electron chi connectivity index (χ3n) is 3.36. The molecule has 4 nitrogen and oxygen atoms in total. The molecule has 0 atom stereocenters. The molecule has 21 heavy (non-hydrogen) atoms. The van der Waals surface area contributed by atoms with Gasteiger partial charge in [0, 0.05) is 0 Å². The van der Waals surface area contributed by atoms with Crippen molar-refractivity contribution in [3.63, 3.8) is 0 Å². The van der Waals surface area contributed by atoms with Crippen LogP contribution in [0.2, 0.25) is 0 Å². The van der Waals surface area contributed by atoms with Gasteiger partial charge in [-0.1, -0.05) is 18.2 Å². The van der Waals surface area contributed by atoms with E-state index in [9.17, 15) is 10.0 Å². The van der Waals surface area contributed by atoms with E-state index >= 15 is 0 Å². The Balaban J connectivity index is 2.24. The lowest BCUT2D eigenvalue weighted by Crippen LogP contribution is -2.33. The highest BCUT2D eigenvalue weighted by atomic mass is 16.5. The minimum Gasteiger partial charge on any atom is -0.497 e. The molecule has 110 valence electrons. The van der Waals surface area contributed by atoms with Crippen LogP contribution in [0, 0.1) is 13.8 Å². The van der Waals surface area contributed by atoms with Gasteiger partial charge >= 0.3 is 7.12 Å². The van der Waals surface area contributed by atoms with Crippen molar-refractivity contribution < 1.29 is 19.5 Å². The van der Waals surface area contributed by atoms with Gasteiger partial charge in [0.05, 0.1) is 7.11 Å². The van der Waals surface area contributed by atoms with Gasteiger partial charge in [-0.2, -0.15) is 0 Å². The summed E-state index contributed by atoms with van der Waals surface area (Å²) in [4.78, 5) is 0. The summed E-state index contributed by atoms with van der Waals surface area (Å²) in [6.07, 6.45) is 0. The molecule has 0 amide bonds. The lowest BCUT2D eigenvalue weighted by Gasteiger charge is -2.14. The van der Waals surface area contributed by atoms with Crippen molar-refractivity contribution in [1.29, 1.82) is 0 Å². The summed E-state index contributed by atoms with van der Waals surface area (Å²) in [6, 6.07) is 11.1. The van der Waals surface area contributed by atoms with Crippen molar-refractivity contribution in [3.05, 3.63) is 53.1 Å². The van der Waals surface area contributed by atoms with Crippen LogP contribution in [0.15, 0.2) is 36.4 Å². The molecule has 2 rings (SSSR count). The topological polar surface area (TPSA) is 58.9 Å². The molecule has 0 saturated carbocycles. The van der Waals surface area contributed by atoms with Gasteiger partial charge in [-0.15, -0.1) is 0 Å². The highest BCUT2D eigenvalue weighted by Gasteiger charge is 2.17. The summed E-state index contributed by atoms with van der Waals surface area (Å²) in [5, 5.41) is 18.8. The highest BCUT2D eigenvalue weighted by molar-refractivity contribution is 6.59. The van der Waals surface area contributed by atoms with Crippen molar-refractivity contribution in [2.45, 2.75) is 20.5 Å². The number of aryl methyl sites for hydroxylation is 2. The SMILES string of the molecule is COc1ccc(B(O)O)c(COc2cc(C)ccc2C)c1. The molecule has 0 aliphatic rings. The number of hydrogen-bond acceptors (Lipinski definition) is 4. The van der Waals surface area contributed by atoms with Gasteiger partial charge in [-0.25, -0.2) is 0 Å². The Labute approximate surface area is 125 Å². The maximum Gasteiger partial charge on any atom is 0.488 e. The van der Waals surface area contributed by atoms with Crippen LogP contribution in [0.1, 0.15) is 16.7 Å². The van der Waals surface area contributed by atoms with Gasteiger partial charge in [-0.05, 0) is 54.2 Å². The summed E-state index contributed by atoms with van der Waals surface area (Å²) in [6.45, 7) is 4.22. The number of ether oxygens (including phenoxy) is 2. The molecule has 0 saturated heterocycles. The van der Waals surface area contributed by atoms with Gasteiger partial charge in [0.15, 0.2) is 0 Å². The van der Waals surface area contributed by atoms with E-state index in [1.54, 1.807) is 25.3 Å². The second-order valence-corrected chi connectivity index (χ2v) is 5.00. The third kappa shape index (κ3) is 3.77. The van der Waals surface area contributed by atoms with Crippen LogP contribution in [0.25, 0.3) is 0 Å². The molecule has 5 heteroatoms. The molecule has 0 aliphatic carbocycles. The van der Waals surface area contributed by atoms with Gasteiger partial charge in [0.1, 0.15) is 18.1 Å².